The first-order valence-electron chi connectivity index (χ1n) is 10.6. The summed E-state index contributed by atoms with van der Waals surface area (Å²) in [4.78, 5) is -1.61. The lowest BCUT2D eigenvalue weighted by atomic mass is 10.2. The van der Waals surface area contributed by atoms with Gasteiger partial charge in [-0.25, -0.2) is 30.0 Å². The summed E-state index contributed by atoms with van der Waals surface area (Å²) in [7, 11) is -9.15. The molecular formula is C26H18F6O3S2. The minimum Gasteiger partial charge on any atom is -0.207 e. The van der Waals surface area contributed by atoms with E-state index in [1.807, 2.05) is 0 Å². The van der Waals surface area contributed by atoms with Crippen LogP contribution >= 0.6 is 10.3 Å². The molecule has 0 aromatic heterocycles. The van der Waals surface area contributed by atoms with Gasteiger partial charge in [-0.1, -0.05) is 35.4 Å². The van der Waals surface area contributed by atoms with Crippen LogP contribution in [0.4, 0.5) is 26.3 Å². The Morgan fingerprint density at radius 1 is 0.514 bits per heavy atom. The van der Waals surface area contributed by atoms with E-state index in [2.05, 4.69) is 0 Å². The van der Waals surface area contributed by atoms with Crippen LogP contribution in [-0.4, -0.2) is 8.42 Å². The van der Waals surface area contributed by atoms with Crippen molar-refractivity contribution in [2.75, 3.05) is 0 Å². The summed E-state index contributed by atoms with van der Waals surface area (Å²) < 4.78 is 117. The van der Waals surface area contributed by atoms with Crippen LogP contribution in [0.3, 0.4) is 0 Å². The Morgan fingerprint density at radius 2 is 0.838 bits per heavy atom. The second-order valence-electron chi connectivity index (χ2n) is 8.06. The van der Waals surface area contributed by atoms with E-state index in [0.717, 1.165) is 23.3 Å². The molecule has 4 aromatic rings. The lowest BCUT2D eigenvalue weighted by molar-refractivity contribution is 0.354. The minimum absolute atomic E-state index is 0.0917. The highest BCUT2D eigenvalue weighted by Crippen LogP contribution is 2.70. The Morgan fingerprint density at radius 3 is 1.22 bits per heavy atom. The summed E-state index contributed by atoms with van der Waals surface area (Å²) in [5.74, 6) is -13.2. The molecule has 0 aliphatic rings. The molecule has 11 heteroatoms. The maximum absolute atomic E-state index is 14.6. The third-order valence-electron chi connectivity index (χ3n) is 5.46. The quantitative estimate of drug-likeness (QED) is 0.139. The lowest BCUT2D eigenvalue weighted by Crippen LogP contribution is -2.19. The van der Waals surface area contributed by atoms with Gasteiger partial charge in [0.2, 0.25) is 5.82 Å². The van der Waals surface area contributed by atoms with E-state index >= 15 is 0 Å². The van der Waals surface area contributed by atoms with E-state index in [1.165, 1.54) is 36.4 Å². The van der Waals surface area contributed by atoms with Gasteiger partial charge >= 0.3 is 10.1 Å². The Labute approximate surface area is 211 Å². The van der Waals surface area contributed by atoms with Crippen LogP contribution in [0.5, 0.6) is 0 Å². The molecule has 3 nitrogen and oxygen atoms in total. The topological polar surface area (TPSA) is 43.4 Å². The van der Waals surface area contributed by atoms with E-state index in [9.17, 15) is 34.8 Å². The third kappa shape index (κ3) is 4.74. The van der Waals surface area contributed by atoms with Crippen LogP contribution in [-0.2, 0) is 13.7 Å². The monoisotopic (exact) mass is 556 g/mol. The minimum atomic E-state index is -5.67. The molecule has 0 aliphatic heterocycles. The predicted octanol–water partition coefficient (Wildman–Crippen LogP) is 7.74. The number of benzene rings is 4. The summed E-state index contributed by atoms with van der Waals surface area (Å²) in [6.07, 6.45) is 0. The highest BCUT2D eigenvalue weighted by atomic mass is 32.3. The Kier molecular flexibility index (Phi) is 7.15. The van der Waals surface area contributed by atoms with E-state index in [0.29, 0.717) is 0 Å². The van der Waals surface area contributed by atoms with Crippen molar-refractivity contribution in [3.8, 4) is 0 Å². The van der Waals surface area contributed by atoms with Gasteiger partial charge in [-0.2, -0.15) is 8.42 Å². The standard InChI is InChI=1S/C26H18F6O3S2/c1-15-3-9-18(10-4-15)36(19-11-5-16(2)6-12-19,20-13-7-17(27)8-14-20)35-37(33,34)26-24(31)22(29)21(28)23(30)25(26)32/h3-14H,1-2H3. The molecule has 0 aliphatic carbocycles. The third-order valence-corrected chi connectivity index (χ3v) is 10.7. The highest BCUT2D eigenvalue weighted by molar-refractivity contribution is 8.33. The smallest absolute Gasteiger partial charge is 0.207 e. The van der Waals surface area contributed by atoms with Gasteiger partial charge in [-0.3, -0.25) is 0 Å². The molecule has 0 heterocycles. The highest BCUT2D eigenvalue weighted by Gasteiger charge is 2.42. The molecule has 0 saturated heterocycles. The van der Waals surface area contributed by atoms with Gasteiger partial charge < -0.3 is 0 Å². The van der Waals surface area contributed by atoms with E-state index in [4.69, 9.17) is 3.63 Å². The number of hydrogen-bond donors (Lipinski definition) is 0. The first kappa shape index (κ1) is 26.8. The van der Waals surface area contributed by atoms with Crippen LogP contribution in [0.15, 0.2) is 92.4 Å². The average Bonchev–Trinajstić information content (AvgIpc) is 2.86. The molecule has 194 valence electrons. The van der Waals surface area contributed by atoms with Crippen molar-refractivity contribution in [1.29, 1.82) is 0 Å². The number of rotatable bonds is 6. The summed E-state index contributed by atoms with van der Waals surface area (Å²) in [6, 6.07) is 17.1. The van der Waals surface area contributed by atoms with E-state index < -0.39 is 60.2 Å². The molecule has 37 heavy (non-hydrogen) atoms. The van der Waals surface area contributed by atoms with Crippen LogP contribution in [0.1, 0.15) is 11.1 Å². The largest absolute Gasteiger partial charge is 0.313 e. The molecule has 0 saturated carbocycles. The molecule has 4 aromatic carbocycles. The summed E-state index contributed by atoms with van der Waals surface area (Å²) in [5, 5.41) is 0. The number of halogens is 6. The zero-order chi connectivity index (χ0) is 27.1. The number of aryl methyl sites for hydroxylation is 2. The Hall–Kier alpha value is -3.28. The van der Waals surface area contributed by atoms with Crippen LogP contribution in [0, 0.1) is 48.8 Å². The lowest BCUT2D eigenvalue weighted by Gasteiger charge is -2.39. The molecule has 0 atom stereocenters. The summed E-state index contributed by atoms with van der Waals surface area (Å²) in [5.41, 5.74) is 1.56. The fraction of sp³-hybridized carbons (Fsp3) is 0.0769. The van der Waals surface area contributed by atoms with Gasteiger partial charge in [0.15, 0.2) is 28.2 Å². The van der Waals surface area contributed by atoms with Crippen molar-refractivity contribution in [1.82, 2.24) is 0 Å². The molecule has 4 rings (SSSR count). The maximum Gasteiger partial charge on any atom is 0.313 e. The zero-order valence-electron chi connectivity index (χ0n) is 19.2. The van der Waals surface area contributed by atoms with Crippen molar-refractivity contribution in [3.63, 3.8) is 0 Å². The van der Waals surface area contributed by atoms with Gasteiger partial charge in [-0.05, 0) is 72.7 Å². The fourth-order valence-corrected chi connectivity index (χ4v) is 8.87. The fourth-order valence-electron chi connectivity index (χ4n) is 3.58. The molecule has 0 fully saturated rings. The maximum atomic E-state index is 14.6. The molecule has 0 radical (unpaired) electrons. The van der Waals surface area contributed by atoms with Crippen molar-refractivity contribution < 1.29 is 38.4 Å². The Bertz CT molecular complexity index is 1430. The van der Waals surface area contributed by atoms with Gasteiger partial charge in [0, 0.05) is 14.7 Å². The first-order chi connectivity index (χ1) is 17.4. The second kappa shape index (κ2) is 9.88. The second-order valence-corrected chi connectivity index (χ2v) is 12.4. The molecule has 0 amide bonds. The van der Waals surface area contributed by atoms with Crippen LogP contribution in [0.2, 0.25) is 0 Å². The van der Waals surface area contributed by atoms with Gasteiger partial charge in [0.25, 0.3) is 0 Å². The van der Waals surface area contributed by atoms with Crippen molar-refractivity contribution in [2.24, 2.45) is 0 Å². The molecule has 0 unspecified atom stereocenters. The summed E-state index contributed by atoms with van der Waals surface area (Å²) >= 11 is 0. The van der Waals surface area contributed by atoms with Gasteiger partial charge in [-0.15, -0.1) is 0 Å². The first-order valence-corrected chi connectivity index (χ1v) is 13.5. The molecule has 0 N–H and O–H groups in total. The van der Waals surface area contributed by atoms with E-state index in [-0.39, 0.29) is 14.7 Å². The van der Waals surface area contributed by atoms with Crippen molar-refractivity contribution >= 4 is 20.4 Å². The van der Waals surface area contributed by atoms with Gasteiger partial charge in [0.05, 0.1) is 0 Å². The summed E-state index contributed by atoms with van der Waals surface area (Å²) in [6.45, 7) is 3.52. The van der Waals surface area contributed by atoms with Crippen LogP contribution in [0.25, 0.3) is 0 Å². The van der Waals surface area contributed by atoms with Crippen molar-refractivity contribution in [2.45, 2.75) is 33.4 Å². The number of hydrogen-bond acceptors (Lipinski definition) is 3. The average molecular weight is 557 g/mol. The normalized spacial score (nSPS) is 12.5. The molecular weight excluding hydrogens is 538 g/mol. The SMILES string of the molecule is Cc1ccc(S(OS(=O)(=O)c2c(F)c(F)c(F)c(F)c2F)(c2ccc(C)cc2)c2ccc(F)cc2)cc1. The zero-order valence-corrected chi connectivity index (χ0v) is 20.9. The Balaban J connectivity index is 2.09. The molecule has 0 bridgehead atoms. The predicted molar refractivity (Wildman–Crippen MR) is 126 cm³/mol. The molecule has 0 spiro atoms. The van der Waals surface area contributed by atoms with E-state index in [1.54, 1.807) is 38.1 Å². The van der Waals surface area contributed by atoms with Gasteiger partial charge in [0.1, 0.15) is 5.82 Å². The van der Waals surface area contributed by atoms with Crippen molar-refractivity contribution in [3.05, 3.63) is 119 Å². The van der Waals surface area contributed by atoms with Crippen LogP contribution < -0.4 is 0 Å².